The van der Waals surface area contributed by atoms with Crippen molar-refractivity contribution in [3.8, 4) is 0 Å². The molecule has 0 aromatic heterocycles. The predicted molar refractivity (Wildman–Crippen MR) is 89.0 cm³/mol. The molecule has 1 atom stereocenters. The highest BCUT2D eigenvalue weighted by Gasteiger charge is 2.32. The second-order valence-corrected chi connectivity index (χ2v) is 6.67. The third-order valence-electron chi connectivity index (χ3n) is 4.19. The number of rotatable bonds is 8. The summed E-state index contributed by atoms with van der Waals surface area (Å²) in [5.41, 5.74) is 2.35. The first kappa shape index (κ1) is 17.5. The maximum atomic E-state index is 12.6. The number of aryl methyl sites for hydroxylation is 1. The number of carbonyl (C=O) groups is 2. The zero-order valence-corrected chi connectivity index (χ0v) is 14.2. The molecule has 5 heteroatoms. The highest BCUT2D eigenvalue weighted by molar-refractivity contribution is 5.79. The van der Waals surface area contributed by atoms with Crippen molar-refractivity contribution >= 4 is 11.9 Å². The Morgan fingerprint density at radius 2 is 1.87 bits per heavy atom. The maximum absolute atomic E-state index is 12.6. The minimum atomic E-state index is -0.831. The van der Waals surface area contributed by atoms with Gasteiger partial charge in [-0.2, -0.15) is 0 Å². The number of aliphatic carboxylic acids is 1. The monoisotopic (exact) mass is 318 g/mol. The summed E-state index contributed by atoms with van der Waals surface area (Å²) in [6.45, 7) is 4.98. The van der Waals surface area contributed by atoms with Crippen LogP contribution >= 0.6 is 0 Å². The normalized spacial score (nSPS) is 15.5. The van der Waals surface area contributed by atoms with Crippen LogP contribution in [0.3, 0.4) is 0 Å². The quantitative estimate of drug-likeness (QED) is 0.798. The summed E-state index contributed by atoms with van der Waals surface area (Å²) in [5.74, 6) is -1.23. The summed E-state index contributed by atoms with van der Waals surface area (Å²) in [6, 6.07) is 8.59. The van der Waals surface area contributed by atoms with Gasteiger partial charge in [0, 0.05) is 19.1 Å². The molecule has 1 aromatic carbocycles. The van der Waals surface area contributed by atoms with Gasteiger partial charge in [-0.15, -0.1) is 0 Å². The lowest BCUT2D eigenvalue weighted by molar-refractivity contribution is -0.142. The first-order chi connectivity index (χ1) is 10.9. The van der Waals surface area contributed by atoms with Crippen molar-refractivity contribution in [2.24, 2.45) is 5.92 Å². The third-order valence-corrected chi connectivity index (χ3v) is 4.19. The maximum Gasteiger partial charge on any atom is 0.307 e. The molecule has 0 spiro atoms. The Bertz CT molecular complexity index is 552. The fraction of sp³-hybridized carbons (Fsp3) is 0.556. The summed E-state index contributed by atoms with van der Waals surface area (Å²) < 4.78 is 0. The van der Waals surface area contributed by atoms with Crippen molar-refractivity contribution in [3.63, 3.8) is 0 Å². The van der Waals surface area contributed by atoms with Gasteiger partial charge in [-0.05, 0) is 32.4 Å². The van der Waals surface area contributed by atoms with Gasteiger partial charge in [-0.1, -0.05) is 36.8 Å². The number of amides is 1. The Kier molecular flexibility index (Phi) is 5.77. The van der Waals surface area contributed by atoms with E-state index in [1.165, 1.54) is 5.56 Å². The standard InChI is InChI=1S/C18H26N2O3/c1-13-4-6-15(7-5-13)11-20(16-8-9-16)17(21)12-19(3)10-14(2)18(22)23/h4-7,14,16H,8-12H2,1-3H3,(H,22,23). The predicted octanol–water partition coefficient (Wildman–Crippen LogP) is 2.14. The first-order valence-corrected chi connectivity index (χ1v) is 8.13. The van der Waals surface area contributed by atoms with Crippen LogP contribution in [0.15, 0.2) is 24.3 Å². The molecule has 1 saturated carbocycles. The number of carboxylic acids is 1. The molecule has 0 aliphatic heterocycles. The topological polar surface area (TPSA) is 60.9 Å². The molecule has 1 aromatic rings. The van der Waals surface area contributed by atoms with Crippen molar-refractivity contribution in [2.45, 2.75) is 39.3 Å². The largest absolute Gasteiger partial charge is 0.481 e. The molecule has 0 saturated heterocycles. The number of benzene rings is 1. The number of carbonyl (C=O) groups excluding carboxylic acids is 1. The Morgan fingerprint density at radius 1 is 1.26 bits per heavy atom. The third kappa shape index (κ3) is 5.36. The molecule has 23 heavy (non-hydrogen) atoms. The Morgan fingerprint density at radius 3 is 2.39 bits per heavy atom. The van der Waals surface area contributed by atoms with Gasteiger partial charge >= 0.3 is 5.97 Å². The van der Waals surface area contributed by atoms with E-state index in [1.54, 1.807) is 18.9 Å². The molecule has 1 unspecified atom stereocenters. The molecule has 1 fully saturated rings. The van der Waals surface area contributed by atoms with E-state index in [2.05, 4.69) is 24.3 Å². The van der Waals surface area contributed by atoms with Crippen molar-refractivity contribution in [1.82, 2.24) is 9.80 Å². The summed E-state index contributed by atoms with van der Waals surface area (Å²) in [6.07, 6.45) is 2.12. The van der Waals surface area contributed by atoms with Gasteiger partial charge in [-0.3, -0.25) is 14.5 Å². The van der Waals surface area contributed by atoms with E-state index in [0.717, 1.165) is 18.4 Å². The lowest BCUT2D eigenvalue weighted by atomic mass is 10.1. The van der Waals surface area contributed by atoms with Crippen LogP contribution in [0.1, 0.15) is 30.9 Å². The fourth-order valence-corrected chi connectivity index (χ4v) is 2.63. The van der Waals surface area contributed by atoms with Crippen molar-refractivity contribution in [1.29, 1.82) is 0 Å². The van der Waals surface area contributed by atoms with Crippen LogP contribution in [-0.2, 0) is 16.1 Å². The molecule has 0 radical (unpaired) electrons. The lowest BCUT2D eigenvalue weighted by Crippen LogP contribution is -2.41. The second-order valence-electron chi connectivity index (χ2n) is 6.67. The minimum Gasteiger partial charge on any atom is -0.481 e. The Balaban J connectivity index is 1.93. The first-order valence-electron chi connectivity index (χ1n) is 8.13. The fourth-order valence-electron chi connectivity index (χ4n) is 2.63. The molecule has 0 bridgehead atoms. The molecule has 0 heterocycles. The smallest absolute Gasteiger partial charge is 0.307 e. The molecule has 2 rings (SSSR count). The summed E-state index contributed by atoms with van der Waals surface area (Å²) in [5, 5.41) is 8.97. The van der Waals surface area contributed by atoms with Gasteiger partial charge in [0.15, 0.2) is 0 Å². The summed E-state index contributed by atoms with van der Waals surface area (Å²) >= 11 is 0. The number of likely N-dealkylation sites (N-methyl/N-ethyl adjacent to an activating group) is 1. The molecule has 1 amide bonds. The van der Waals surface area contributed by atoms with Crippen LogP contribution in [0.4, 0.5) is 0 Å². The van der Waals surface area contributed by atoms with Gasteiger partial charge in [0.05, 0.1) is 12.5 Å². The SMILES string of the molecule is Cc1ccc(CN(C(=O)CN(C)CC(C)C(=O)O)C2CC2)cc1. The minimum absolute atomic E-state index is 0.0770. The lowest BCUT2D eigenvalue weighted by Gasteiger charge is -2.26. The van der Waals surface area contributed by atoms with Crippen LogP contribution in [0.25, 0.3) is 0 Å². The van der Waals surface area contributed by atoms with Gasteiger partial charge in [0.2, 0.25) is 5.91 Å². The molecule has 1 N–H and O–H groups in total. The second kappa shape index (κ2) is 7.59. The van der Waals surface area contributed by atoms with Crippen molar-refractivity contribution < 1.29 is 14.7 Å². The van der Waals surface area contributed by atoms with Crippen LogP contribution in [0, 0.1) is 12.8 Å². The Hall–Kier alpha value is -1.88. The van der Waals surface area contributed by atoms with E-state index in [9.17, 15) is 9.59 Å². The van der Waals surface area contributed by atoms with E-state index >= 15 is 0 Å². The number of nitrogens with zero attached hydrogens (tertiary/aromatic N) is 2. The van der Waals surface area contributed by atoms with Gasteiger partial charge in [0.25, 0.3) is 0 Å². The van der Waals surface area contributed by atoms with E-state index in [0.29, 0.717) is 19.1 Å². The summed E-state index contributed by atoms with van der Waals surface area (Å²) in [7, 11) is 1.80. The molecule has 1 aliphatic carbocycles. The summed E-state index contributed by atoms with van der Waals surface area (Å²) in [4.78, 5) is 27.2. The number of hydrogen-bond donors (Lipinski definition) is 1. The van der Waals surface area contributed by atoms with Gasteiger partial charge < -0.3 is 10.0 Å². The van der Waals surface area contributed by atoms with Gasteiger partial charge in [0.1, 0.15) is 0 Å². The van der Waals surface area contributed by atoms with Crippen LogP contribution in [-0.4, -0.2) is 53.0 Å². The average Bonchev–Trinajstić information content (AvgIpc) is 3.30. The highest BCUT2D eigenvalue weighted by atomic mass is 16.4. The molecule has 5 nitrogen and oxygen atoms in total. The van der Waals surface area contributed by atoms with Crippen molar-refractivity contribution in [3.05, 3.63) is 35.4 Å². The van der Waals surface area contributed by atoms with E-state index in [-0.39, 0.29) is 12.5 Å². The zero-order chi connectivity index (χ0) is 17.0. The van der Waals surface area contributed by atoms with E-state index in [4.69, 9.17) is 5.11 Å². The average molecular weight is 318 g/mol. The van der Waals surface area contributed by atoms with Crippen LogP contribution in [0.2, 0.25) is 0 Å². The van der Waals surface area contributed by atoms with E-state index in [1.807, 2.05) is 11.8 Å². The zero-order valence-electron chi connectivity index (χ0n) is 14.2. The molecule has 1 aliphatic rings. The Labute approximate surface area is 137 Å². The number of carboxylic acid groups (broad SMARTS) is 1. The molecular weight excluding hydrogens is 292 g/mol. The van der Waals surface area contributed by atoms with Gasteiger partial charge in [-0.25, -0.2) is 0 Å². The number of hydrogen-bond acceptors (Lipinski definition) is 3. The van der Waals surface area contributed by atoms with Crippen LogP contribution < -0.4 is 0 Å². The van der Waals surface area contributed by atoms with E-state index < -0.39 is 11.9 Å². The molecular formula is C18H26N2O3. The van der Waals surface area contributed by atoms with Crippen molar-refractivity contribution in [2.75, 3.05) is 20.1 Å². The molecule has 126 valence electrons. The highest BCUT2D eigenvalue weighted by Crippen LogP contribution is 2.28. The van der Waals surface area contributed by atoms with Crippen LogP contribution in [0.5, 0.6) is 0 Å².